The van der Waals surface area contributed by atoms with Crippen molar-refractivity contribution in [3.05, 3.63) is 18.7 Å². The molecule has 1 fully saturated rings. The fraction of sp³-hybridized carbons (Fsp3) is 0.500. The molecule has 1 aromatic rings. The number of nitrogens with zero attached hydrogens (tertiary/aromatic N) is 4. The number of rotatable bonds is 4. The quantitative estimate of drug-likeness (QED) is 0.811. The number of carboxylic acids is 1. The standard InChI is InChI=1S/C12H17N5O3/c18-11(19)1-2-16-3-5-17(6-4-16)12(20)15-10-7-13-9-14-8-10/h7-9H,1-6H2,(H,15,20)(H,18,19). The van der Waals surface area contributed by atoms with Gasteiger partial charge in [0.25, 0.3) is 0 Å². The lowest BCUT2D eigenvalue weighted by atomic mass is 10.3. The van der Waals surface area contributed by atoms with Crippen molar-refractivity contribution in [3.63, 3.8) is 0 Å². The number of hydrogen-bond donors (Lipinski definition) is 2. The van der Waals surface area contributed by atoms with Gasteiger partial charge in [-0.05, 0) is 0 Å². The zero-order valence-corrected chi connectivity index (χ0v) is 11.0. The van der Waals surface area contributed by atoms with E-state index in [9.17, 15) is 9.59 Å². The van der Waals surface area contributed by atoms with Gasteiger partial charge >= 0.3 is 12.0 Å². The maximum atomic E-state index is 12.0. The second kappa shape index (κ2) is 6.80. The lowest BCUT2D eigenvalue weighted by Gasteiger charge is -2.34. The Morgan fingerprint density at radius 3 is 2.45 bits per heavy atom. The average molecular weight is 279 g/mol. The van der Waals surface area contributed by atoms with Crippen molar-refractivity contribution >= 4 is 17.7 Å². The monoisotopic (exact) mass is 279 g/mol. The predicted molar refractivity (Wildman–Crippen MR) is 71.3 cm³/mol. The largest absolute Gasteiger partial charge is 0.481 e. The van der Waals surface area contributed by atoms with Crippen LogP contribution in [0.5, 0.6) is 0 Å². The van der Waals surface area contributed by atoms with Gasteiger partial charge in [-0.2, -0.15) is 0 Å². The number of urea groups is 1. The number of nitrogens with one attached hydrogen (secondary N) is 1. The first-order valence-corrected chi connectivity index (χ1v) is 6.40. The Labute approximate surface area is 116 Å². The topological polar surface area (TPSA) is 98.7 Å². The van der Waals surface area contributed by atoms with Crippen LogP contribution in [0.25, 0.3) is 0 Å². The molecule has 0 unspecified atom stereocenters. The highest BCUT2D eigenvalue weighted by molar-refractivity contribution is 5.89. The summed E-state index contributed by atoms with van der Waals surface area (Å²) in [5.74, 6) is -0.797. The van der Waals surface area contributed by atoms with Crippen LogP contribution in [0.15, 0.2) is 18.7 Å². The number of carbonyl (C=O) groups excluding carboxylic acids is 1. The number of amides is 2. The van der Waals surface area contributed by atoms with Crippen LogP contribution in [0, 0.1) is 0 Å². The van der Waals surface area contributed by atoms with E-state index in [1.807, 2.05) is 4.90 Å². The normalized spacial score (nSPS) is 15.9. The van der Waals surface area contributed by atoms with E-state index in [4.69, 9.17) is 5.11 Å². The van der Waals surface area contributed by atoms with Gasteiger partial charge in [0.1, 0.15) is 6.33 Å². The molecule has 0 radical (unpaired) electrons. The van der Waals surface area contributed by atoms with Gasteiger partial charge in [-0.25, -0.2) is 14.8 Å². The first-order valence-electron chi connectivity index (χ1n) is 6.40. The fourth-order valence-corrected chi connectivity index (χ4v) is 1.99. The van der Waals surface area contributed by atoms with E-state index < -0.39 is 5.97 Å². The van der Waals surface area contributed by atoms with Crippen LogP contribution in [-0.4, -0.2) is 69.6 Å². The molecule has 1 saturated heterocycles. The van der Waals surface area contributed by atoms with Crippen molar-refractivity contribution in [3.8, 4) is 0 Å². The second-order valence-electron chi connectivity index (χ2n) is 4.53. The van der Waals surface area contributed by atoms with Gasteiger partial charge < -0.3 is 15.3 Å². The minimum atomic E-state index is -0.797. The van der Waals surface area contributed by atoms with Gasteiger partial charge in [0.2, 0.25) is 0 Å². The molecule has 0 aromatic carbocycles. The Kier molecular flexibility index (Phi) is 4.83. The zero-order chi connectivity index (χ0) is 14.4. The highest BCUT2D eigenvalue weighted by Gasteiger charge is 2.21. The van der Waals surface area contributed by atoms with Crippen LogP contribution in [0.3, 0.4) is 0 Å². The molecule has 0 spiro atoms. The average Bonchev–Trinajstić information content (AvgIpc) is 2.46. The molecule has 1 aliphatic heterocycles. The summed E-state index contributed by atoms with van der Waals surface area (Å²) in [5.41, 5.74) is 0.561. The Morgan fingerprint density at radius 2 is 1.85 bits per heavy atom. The Hall–Kier alpha value is -2.22. The van der Waals surface area contributed by atoms with Crippen LogP contribution >= 0.6 is 0 Å². The fourth-order valence-electron chi connectivity index (χ4n) is 1.99. The van der Waals surface area contributed by atoms with E-state index in [-0.39, 0.29) is 12.5 Å². The van der Waals surface area contributed by atoms with Crippen LogP contribution in [0.2, 0.25) is 0 Å². The van der Waals surface area contributed by atoms with E-state index in [1.165, 1.54) is 18.7 Å². The van der Waals surface area contributed by atoms with Gasteiger partial charge in [0.05, 0.1) is 24.5 Å². The summed E-state index contributed by atoms with van der Waals surface area (Å²) < 4.78 is 0. The predicted octanol–water partition coefficient (Wildman–Crippen LogP) is 0.101. The van der Waals surface area contributed by atoms with Crippen LogP contribution in [0.4, 0.5) is 10.5 Å². The summed E-state index contributed by atoms with van der Waals surface area (Å²) in [6, 6.07) is -0.183. The van der Waals surface area contributed by atoms with Crippen LogP contribution < -0.4 is 5.32 Å². The summed E-state index contributed by atoms with van der Waals surface area (Å²) >= 11 is 0. The minimum Gasteiger partial charge on any atom is -0.481 e. The summed E-state index contributed by atoms with van der Waals surface area (Å²) in [7, 11) is 0. The molecule has 1 aliphatic rings. The number of piperazine rings is 1. The smallest absolute Gasteiger partial charge is 0.322 e. The Morgan fingerprint density at radius 1 is 1.20 bits per heavy atom. The molecular formula is C12H17N5O3. The third-order valence-electron chi connectivity index (χ3n) is 3.11. The van der Waals surface area contributed by atoms with Gasteiger partial charge in [-0.3, -0.25) is 9.69 Å². The van der Waals surface area contributed by atoms with E-state index in [0.717, 1.165) is 0 Å². The van der Waals surface area contributed by atoms with E-state index in [2.05, 4.69) is 15.3 Å². The molecule has 2 heterocycles. The molecule has 0 bridgehead atoms. The van der Waals surface area contributed by atoms with Crippen molar-refractivity contribution in [2.24, 2.45) is 0 Å². The molecule has 0 saturated carbocycles. The van der Waals surface area contributed by atoms with Gasteiger partial charge in [0, 0.05) is 32.7 Å². The summed E-state index contributed by atoms with van der Waals surface area (Å²) in [6.07, 6.45) is 4.60. The SMILES string of the molecule is O=C(O)CCN1CCN(C(=O)Nc2cncnc2)CC1. The molecule has 8 heteroatoms. The number of hydrogen-bond acceptors (Lipinski definition) is 5. The van der Waals surface area contributed by atoms with Crippen molar-refractivity contribution in [2.45, 2.75) is 6.42 Å². The van der Waals surface area contributed by atoms with Crippen LogP contribution in [0.1, 0.15) is 6.42 Å². The summed E-state index contributed by atoms with van der Waals surface area (Å²) in [6.45, 7) is 3.06. The third kappa shape index (κ3) is 4.16. The number of anilines is 1. The zero-order valence-electron chi connectivity index (χ0n) is 11.0. The highest BCUT2D eigenvalue weighted by atomic mass is 16.4. The van der Waals surface area contributed by atoms with Crippen molar-refractivity contribution in [2.75, 3.05) is 38.0 Å². The van der Waals surface area contributed by atoms with Gasteiger partial charge in [0.15, 0.2) is 0 Å². The maximum absolute atomic E-state index is 12.0. The third-order valence-corrected chi connectivity index (χ3v) is 3.11. The molecule has 2 amide bonds. The minimum absolute atomic E-state index is 0.132. The molecular weight excluding hydrogens is 262 g/mol. The molecule has 0 aliphatic carbocycles. The number of carbonyl (C=O) groups is 2. The first kappa shape index (κ1) is 14.2. The molecule has 2 rings (SSSR count). The lowest BCUT2D eigenvalue weighted by Crippen LogP contribution is -2.50. The van der Waals surface area contributed by atoms with Gasteiger partial charge in [-0.1, -0.05) is 0 Å². The molecule has 0 atom stereocenters. The van der Waals surface area contributed by atoms with Crippen molar-refractivity contribution in [1.82, 2.24) is 19.8 Å². The molecule has 8 nitrogen and oxygen atoms in total. The lowest BCUT2D eigenvalue weighted by molar-refractivity contribution is -0.137. The number of carboxylic acid groups (broad SMARTS) is 1. The van der Waals surface area contributed by atoms with E-state index in [0.29, 0.717) is 38.4 Å². The summed E-state index contributed by atoms with van der Waals surface area (Å²) in [5, 5.41) is 11.4. The van der Waals surface area contributed by atoms with E-state index >= 15 is 0 Å². The van der Waals surface area contributed by atoms with Crippen molar-refractivity contribution in [1.29, 1.82) is 0 Å². The molecule has 20 heavy (non-hydrogen) atoms. The molecule has 2 N–H and O–H groups in total. The van der Waals surface area contributed by atoms with Crippen LogP contribution in [-0.2, 0) is 4.79 Å². The van der Waals surface area contributed by atoms with Crippen molar-refractivity contribution < 1.29 is 14.7 Å². The molecule has 1 aromatic heterocycles. The van der Waals surface area contributed by atoms with E-state index in [1.54, 1.807) is 4.90 Å². The number of aliphatic carboxylic acids is 1. The Balaban J connectivity index is 1.76. The number of aromatic nitrogens is 2. The highest BCUT2D eigenvalue weighted by Crippen LogP contribution is 2.07. The Bertz CT molecular complexity index is 459. The maximum Gasteiger partial charge on any atom is 0.322 e. The first-order chi connectivity index (χ1) is 9.65. The second-order valence-corrected chi connectivity index (χ2v) is 4.53. The molecule has 108 valence electrons. The summed E-state index contributed by atoms with van der Waals surface area (Å²) in [4.78, 5) is 33.9. The van der Waals surface area contributed by atoms with Gasteiger partial charge in [-0.15, -0.1) is 0 Å².